The van der Waals surface area contributed by atoms with Crippen molar-refractivity contribution in [3.63, 3.8) is 0 Å². The van der Waals surface area contributed by atoms with Gasteiger partial charge in [-0.1, -0.05) is 52.8 Å². The number of rotatable bonds is 4. The molecule has 0 spiro atoms. The quantitative estimate of drug-likeness (QED) is 0.812. The van der Waals surface area contributed by atoms with Gasteiger partial charge < -0.3 is 4.74 Å². The Labute approximate surface area is 117 Å². The molecule has 3 nitrogen and oxygen atoms in total. The molecule has 1 aromatic carbocycles. The summed E-state index contributed by atoms with van der Waals surface area (Å²) in [7, 11) is 1.57. The van der Waals surface area contributed by atoms with E-state index in [-0.39, 0.29) is 18.1 Å². The maximum absolute atomic E-state index is 11.5. The first kappa shape index (κ1) is 19.5. The monoisotopic (exact) mass is 263 g/mol. The molecular formula is C16H25NO2. The molecule has 0 heterocycles. The summed E-state index contributed by atoms with van der Waals surface area (Å²) in [5, 5.41) is 8.46. The van der Waals surface area contributed by atoms with Crippen LogP contribution in [0.5, 0.6) is 5.75 Å². The van der Waals surface area contributed by atoms with E-state index in [1.54, 1.807) is 14.0 Å². The molecule has 0 aromatic heterocycles. The lowest BCUT2D eigenvalue weighted by Gasteiger charge is -2.12. The molecule has 1 aromatic rings. The highest BCUT2D eigenvalue weighted by molar-refractivity contribution is 5.87. The second-order valence-electron chi connectivity index (χ2n) is 3.26. The van der Waals surface area contributed by atoms with Crippen LogP contribution in [0.3, 0.4) is 0 Å². The molecule has 0 radical (unpaired) electrons. The van der Waals surface area contributed by atoms with Crippen molar-refractivity contribution in [2.45, 2.75) is 47.0 Å². The number of nitrogens with zero attached hydrogens (tertiary/aromatic N) is 1. The fourth-order valence-electron chi connectivity index (χ4n) is 1.43. The van der Waals surface area contributed by atoms with Crippen LogP contribution in [0.15, 0.2) is 24.3 Å². The SMILES string of the molecule is CC.CC.COc1ccccc1C(C)C(=O)CC#N. The van der Waals surface area contributed by atoms with Gasteiger partial charge >= 0.3 is 0 Å². The number of nitriles is 1. The highest BCUT2D eigenvalue weighted by Crippen LogP contribution is 2.27. The van der Waals surface area contributed by atoms with Crippen molar-refractivity contribution in [3.05, 3.63) is 29.8 Å². The Morgan fingerprint density at radius 2 is 1.79 bits per heavy atom. The van der Waals surface area contributed by atoms with E-state index in [9.17, 15) is 4.79 Å². The van der Waals surface area contributed by atoms with E-state index in [2.05, 4.69) is 0 Å². The van der Waals surface area contributed by atoms with Crippen LogP contribution >= 0.6 is 0 Å². The van der Waals surface area contributed by atoms with Crippen molar-refractivity contribution in [2.75, 3.05) is 7.11 Å². The molecule has 106 valence electrons. The van der Waals surface area contributed by atoms with Crippen LogP contribution in [0.1, 0.15) is 52.5 Å². The lowest BCUT2D eigenvalue weighted by atomic mass is 9.94. The third kappa shape index (κ3) is 6.61. The summed E-state index contributed by atoms with van der Waals surface area (Å²) in [5.41, 5.74) is 0.834. The topological polar surface area (TPSA) is 50.1 Å². The summed E-state index contributed by atoms with van der Waals surface area (Å²) in [6, 6.07) is 9.23. The van der Waals surface area contributed by atoms with Crippen molar-refractivity contribution >= 4 is 5.78 Å². The molecule has 19 heavy (non-hydrogen) atoms. The summed E-state index contributed by atoms with van der Waals surface area (Å²) < 4.78 is 5.16. The summed E-state index contributed by atoms with van der Waals surface area (Å²) in [6.07, 6.45) is -0.0563. The summed E-state index contributed by atoms with van der Waals surface area (Å²) in [5.74, 6) is 0.319. The average molecular weight is 263 g/mol. The Hall–Kier alpha value is -1.82. The number of Topliss-reactive ketones (excluding diaryl/α,β-unsaturated/α-hetero) is 1. The zero-order valence-electron chi connectivity index (χ0n) is 12.9. The van der Waals surface area contributed by atoms with E-state index >= 15 is 0 Å². The molecule has 0 bridgehead atoms. The Bertz CT molecular complexity index is 394. The van der Waals surface area contributed by atoms with Gasteiger partial charge in [0.15, 0.2) is 5.78 Å². The maximum Gasteiger partial charge on any atom is 0.154 e. The van der Waals surface area contributed by atoms with Crippen molar-refractivity contribution in [2.24, 2.45) is 0 Å². The number of benzene rings is 1. The van der Waals surface area contributed by atoms with Gasteiger partial charge in [0.05, 0.1) is 19.6 Å². The minimum absolute atomic E-state index is 0.0563. The van der Waals surface area contributed by atoms with E-state index in [4.69, 9.17) is 10.00 Å². The van der Waals surface area contributed by atoms with Crippen LogP contribution in [0.2, 0.25) is 0 Å². The molecule has 0 saturated heterocycles. The normalized spacial score (nSPS) is 9.74. The van der Waals surface area contributed by atoms with Gasteiger partial charge in [-0.25, -0.2) is 0 Å². The van der Waals surface area contributed by atoms with E-state index in [1.165, 1.54) is 0 Å². The first-order valence-electron chi connectivity index (χ1n) is 6.73. The van der Waals surface area contributed by atoms with Crippen LogP contribution in [0.25, 0.3) is 0 Å². The van der Waals surface area contributed by atoms with Crippen LogP contribution < -0.4 is 4.74 Å². The number of ether oxygens (including phenoxy) is 1. The highest BCUT2D eigenvalue weighted by atomic mass is 16.5. The Morgan fingerprint density at radius 3 is 2.26 bits per heavy atom. The number of ketones is 1. The van der Waals surface area contributed by atoms with E-state index < -0.39 is 0 Å². The molecule has 0 aliphatic carbocycles. The second-order valence-corrected chi connectivity index (χ2v) is 3.26. The molecule has 0 saturated carbocycles. The zero-order valence-corrected chi connectivity index (χ0v) is 12.9. The molecule has 0 fully saturated rings. The Balaban J connectivity index is 0. The van der Waals surface area contributed by atoms with Gasteiger partial charge in [-0.2, -0.15) is 5.26 Å². The van der Waals surface area contributed by atoms with Gasteiger partial charge in [0.1, 0.15) is 5.75 Å². The number of hydrogen-bond acceptors (Lipinski definition) is 3. The van der Waals surface area contributed by atoms with Gasteiger partial charge in [-0.05, 0) is 6.07 Å². The van der Waals surface area contributed by atoms with Crippen LogP contribution in [0, 0.1) is 11.3 Å². The third-order valence-electron chi connectivity index (χ3n) is 2.34. The standard InChI is InChI=1S/C12H13NO2.2C2H6/c1-9(11(14)7-8-13)10-5-3-4-6-12(10)15-2;2*1-2/h3-6,9H,7H2,1-2H3;2*1-2H3. The van der Waals surface area contributed by atoms with E-state index in [0.717, 1.165) is 5.56 Å². The molecule has 0 aliphatic rings. The smallest absolute Gasteiger partial charge is 0.154 e. The molecule has 0 amide bonds. The van der Waals surface area contributed by atoms with E-state index in [0.29, 0.717) is 5.75 Å². The summed E-state index contributed by atoms with van der Waals surface area (Å²) in [4.78, 5) is 11.5. The van der Waals surface area contributed by atoms with Crippen molar-refractivity contribution in [3.8, 4) is 11.8 Å². The molecule has 1 rings (SSSR count). The number of hydrogen-bond donors (Lipinski definition) is 0. The first-order valence-corrected chi connectivity index (χ1v) is 6.73. The predicted octanol–water partition coefficient (Wildman–Crippen LogP) is 4.33. The van der Waals surface area contributed by atoms with Gasteiger partial charge in [-0.15, -0.1) is 0 Å². The van der Waals surface area contributed by atoms with Crippen LogP contribution in [0.4, 0.5) is 0 Å². The number of para-hydroxylation sites is 1. The van der Waals surface area contributed by atoms with Crippen LogP contribution in [-0.4, -0.2) is 12.9 Å². The lowest BCUT2D eigenvalue weighted by Crippen LogP contribution is -2.09. The first-order chi connectivity index (χ1) is 9.20. The molecule has 0 N–H and O–H groups in total. The predicted molar refractivity (Wildman–Crippen MR) is 79.3 cm³/mol. The molecule has 0 aliphatic heterocycles. The lowest BCUT2D eigenvalue weighted by molar-refractivity contribution is -0.119. The molecular weight excluding hydrogens is 238 g/mol. The van der Waals surface area contributed by atoms with Crippen LogP contribution in [-0.2, 0) is 4.79 Å². The molecule has 3 heteroatoms. The van der Waals surface area contributed by atoms with Crippen molar-refractivity contribution in [1.82, 2.24) is 0 Å². The highest BCUT2D eigenvalue weighted by Gasteiger charge is 2.17. The second kappa shape index (κ2) is 12.6. The Morgan fingerprint density at radius 1 is 1.26 bits per heavy atom. The average Bonchev–Trinajstić information content (AvgIpc) is 2.50. The number of methoxy groups -OCH3 is 1. The van der Waals surface area contributed by atoms with Gasteiger partial charge in [0.2, 0.25) is 0 Å². The van der Waals surface area contributed by atoms with Gasteiger partial charge in [-0.3, -0.25) is 4.79 Å². The molecule has 1 atom stereocenters. The minimum Gasteiger partial charge on any atom is -0.496 e. The maximum atomic E-state index is 11.5. The fraction of sp³-hybridized carbons (Fsp3) is 0.500. The Kier molecular flexibility index (Phi) is 13.0. The van der Waals surface area contributed by atoms with Crippen molar-refractivity contribution in [1.29, 1.82) is 5.26 Å². The third-order valence-corrected chi connectivity index (χ3v) is 2.34. The number of carbonyl (C=O) groups excluding carboxylic acids is 1. The minimum atomic E-state index is -0.291. The summed E-state index contributed by atoms with van der Waals surface area (Å²) >= 11 is 0. The fourth-order valence-corrected chi connectivity index (χ4v) is 1.43. The zero-order chi connectivity index (χ0) is 15.3. The van der Waals surface area contributed by atoms with Crippen molar-refractivity contribution < 1.29 is 9.53 Å². The largest absolute Gasteiger partial charge is 0.496 e. The summed E-state index contributed by atoms with van der Waals surface area (Å²) in [6.45, 7) is 9.79. The van der Waals surface area contributed by atoms with Gasteiger partial charge in [0.25, 0.3) is 0 Å². The molecule has 1 unspecified atom stereocenters. The van der Waals surface area contributed by atoms with E-state index in [1.807, 2.05) is 58.0 Å². The van der Waals surface area contributed by atoms with Gasteiger partial charge in [0, 0.05) is 11.5 Å². The number of carbonyl (C=O) groups is 1.